The normalized spacial score (nSPS) is 10.4. The number of rotatable bonds is 7. The molecule has 1 heterocycles. The molecule has 1 N–H and O–H groups in total. The van der Waals surface area contributed by atoms with Crippen LogP contribution < -0.4 is 14.8 Å². The minimum atomic E-state index is -0.371. The van der Waals surface area contributed by atoms with Crippen LogP contribution in [0.25, 0.3) is 11.4 Å². The van der Waals surface area contributed by atoms with Gasteiger partial charge in [0, 0.05) is 11.8 Å². The van der Waals surface area contributed by atoms with Crippen LogP contribution in [-0.4, -0.2) is 37.4 Å². The first-order valence-corrected chi connectivity index (χ1v) is 8.53. The highest BCUT2D eigenvalue weighted by Crippen LogP contribution is 2.31. The van der Waals surface area contributed by atoms with Crippen molar-refractivity contribution in [2.45, 2.75) is 13.5 Å². The van der Waals surface area contributed by atoms with E-state index < -0.39 is 0 Å². The predicted octanol–water partition coefficient (Wildman–Crippen LogP) is 3.46. The van der Waals surface area contributed by atoms with Gasteiger partial charge in [-0.25, -0.2) is 4.79 Å². The molecule has 0 aliphatic rings. The van der Waals surface area contributed by atoms with Crippen LogP contribution in [0.15, 0.2) is 40.9 Å². The summed E-state index contributed by atoms with van der Waals surface area (Å²) < 4.78 is 20.6. The zero-order valence-corrected chi connectivity index (χ0v) is 16.1. The van der Waals surface area contributed by atoms with Gasteiger partial charge in [-0.3, -0.25) is 0 Å². The van der Waals surface area contributed by atoms with Gasteiger partial charge in [0.2, 0.25) is 11.7 Å². The molecule has 8 nitrogen and oxygen atoms in total. The highest BCUT2D eigenvalue weighted by atomic mass is 16.5. The number of methoxy groups -OCH3 is 3. The molecular weight excluding hydrogens is 362 g/mol. The fourth-order valence-corrected chi connectivity index (χ4v) is 2.70. The van der Waals surface area contributed by atoms with Crippen molar-refractivity contribution in [3.8, 4) is 22.9 Å². The lowest BCUT2D eigenvalue weighted by atomic mass is 10.1. The summed E-state index contributed by atoms with van der Waals surface area (Å²) >= 11 is 0. The summed E-state index contributed by atoms with van der Waals surface area (Å²) in [6, 6.07) is 10.6. The number of nitrogens with zero attached hydrogens (tertiary/aromatic N) is 2. The molecule has 3 aromatic rings. The van der Waals surface area contributed by atoms with Gasteiger partial charge in [0.15, 0.2) is 0 Å². The van der Waals surface area contributed by atoms with Gasteiger partial charge in [0.1, 0.15) is 11.5 Å². The number of carbonyl (C=O) groups excluding carboxylic acids is 1. The number of hydrogen-bond donors (Lipinski definition) is 1. The number of benzene rings is 2. The zero-order valence-electron chi connectivity index (χ0n) is 16.1. The van der Waals surface area contributed by atoms with Gasteiger partial charge < -0.3 is 24.1 Å². The molecule has 0 saturated heterocycles. The summed E-state index contributed by atoms with van der Waals surface area (Å²) in [5.41, 5.74) is 2.96. The zero-order chi connectivity index (χ0) is 20.1. The van der Waals surface area contributed by atoms with Crippen molar-refractivity contribution < 1.29 is 23.5 Å². The molecule has 146 valence electrons. The van der Waals surface area contributed by atoms with Crippen LogP contribution in [0.3, 0.4) is 0 Å². The SMILES string of the molecule is COC(=O)c1ccc(NCc2nc(-c3ccc(OC)cc3OC)no2)c(C)c1. The summed E-state index contributed by atoms with van der Waals surface area (Å²) in [4.78, 5) is 16.0. The topological polar surface area (TPSA) is 95.7 Å². The molecule has 0 saturated carbocycles. The van der Waals surface area contributed by atoms with Crippen molar-refractivity contribution in [2.24, 2.45) is 0 Å². The lowest BCUT2D eigenvalue weighted by molar-refractivity contribution is 0.0600. The summed E-state index contributed by atoms with van der Waals surface area (Å²) in [7, 11) is 4.52. The lowest BCUT2D eigenvalue weighted by Crippen LogP contribution is -2.05. The Morgan fingerprint density at radius 2 is 1.93 bits per heavy atom. The molecule has 0 unspecified atom stereocenters. The Morgan fingerprint density at radius 3 is 2.61 bits per heavy atom. The Balaban J connectivity index is 1.73. The quantitative estimate of drug-likeness (QED) is 0.620. The number of nitrogens with one attached hydrogen (secondary N) is 1. The molecular formula is C20H21N3O5. The van der Waals surface area contributed by atoms with Crippen molar-refractivity contribution in [3.05, 3.63) is 53.4 Å². The maximum atomic E-state index is 11.6. The average Bonchev–Trinajstić information content (AvgIpc) is 3.20. The van der Waals surface area contributed by atoms with Gasteiger partial charge in [-0.2, -0.15) is 4.98 Å². The van der Waals surface area contributed by atoms with E-state index in [1.807, 2.05) is 19.1 Å². The number of hydrogen-bond acceptors (Lipinski definition) is 8. The Bertz CT molecular complexity index is 984. The Labute approximate surface area is 162 Å². The number of ether oxygens (including phenoxy) is 3. The maximum Gasteiger partial charge on any atom is 0.337 e. The van der Waals surface area contributed by atoms with Gasteiger partial charge in [-0.1, -0.05) is 5.16 Å². The fourth-order valence-electron chi connectivity index (χ4n) is 2.70. The molecule has 0 fully saturated rings. The van der Waals surface area contributed by atoms with Gasteiger partial charge in [0.05, 0.1) is 39.0 Å². The number of esters is 1. The van der Waals surface area contributed by atoms with Crippen LogP contribution >= 0.6 is 0 Å². The standard InChI is InChI=1S/C20H21N3O5/c1-12-9-13(20(24)27-4)5-8-16(12)21-11-18-22-19(23-28-18)15-7-6-14(25-2)10-17(15)26-3/h5-10,21H,11H2,1-4H3. The van der Waals surface area contributed by atoms with E-state index in [4.69, 9.17) is 18.7 Å². The third-order valence-corrected chi connectivity index (χ3v) is 4.20. The molecule has 0 spiro atoms. The Morgan fingerprint density at radius 1 is 1.11 bits per heavy atom. The van der Waals surface area contributed by atoms with Crippen molar-refractivity contribution in [1.29, 1.82) is 0 Å². The van der Waals surface area contributed by atoms with Gasteiger partial charge >= 0.3 is 5.97 Å². The van der Waals surface area contributed by atoms with E-state index in [1.165, 1.54) is 7.11 Å². The molecule has 28 heavy (non-hydrogen) atoms. The smallest absolute Gasteiger partial charge is 0.337 e. The van der Waals surface area contributed by atoms with Crippen molar-refractivity contribution in [1.82, 2.24) is 10.1 Å². The molecule has 0 amide bonds. The van der Waals surface area contributed by atoms with Crippen molar-refractivity contribution in [2.75, 3.05) is 26.6 Å². The van der Waals surface area contributed by atoms with Crippen LogP contribution in [0.5, 0.6) is 11.5 Å². The van der Waals surface area contributed by atoms with E-state index in [0.717, 1.165) is 11.3 Å². The molecule has 0 aliphatic heterocycles. The van der Waals surface area contributed by atoms with Crippen molar-refractivity contribution >= 4 is 11.7 Å². The van der Waals surface area contributed by atoms with Crippen LogP contribution in [-0.2, 0) is 11.3 Å². The summed E-state index contributed by atoms with van der Waals surface area (Å²) in [6.45, 7) is 2.24. The Kier molecular flexibility index (Phi) is 5.78. The number of aryl methyl sites for hydroxylation is 1. The first-order valence-electron chi connectivity index (χ1n) is 8.53. The minimum Gasteiger partial charge on any atom is -0.497 e. The van der Waals surface area contributed by atoms with E-state index in [1.54, 1.807) is 38.5 Å². The predicted molar refractivity (Wildman–Crippen MR) is 103 cm³/mol. The number of aromatic nitrogens is 2. The second-order valence-corrected chi connectivity index (χ2v) is 5.95. The van der Waals surface area contributed by atoms with E-state index in [-0.39, 0.29) is 5.97 Å². The van der Waals surface area contributed by atoms with Gasteiger partial charge in [-0.15, -0.1) is 0 Å². The average molecular weight is 383 g/mol. The van der Waals surface area contributed by atoms with E-state index >= 15 is 0 Å². The number of carbonyl (C=O) groups is 1. The molecule has 0 radical (unpaired) electrons. The third kappa shape index (κ3) is 4.06. The van der Waals surface area contributed by atoms with Crippen molar-refractivity contribution in [3.63, 3.8) is 0 Å². The van der Waals surface area contributed by atoms with Gasteiger partial charge in [-0.05, 0) is 42.8 Å². The maximum absolute atomic E-state index is 11.6. The molecule has 8 heteroatoms. The molecule has 0 aliphatic carbocycles. The minimum absolute atomic E-state index is 0.337. The van der Waals surface area contributed by atoms with Gasteiger partial charge in [0.25, 0.3) is 0 Å². The highest BCUT2D eigenvalue weighted by Gasteiger charge is 2.15. The fraction of sp³-hybridized carbons (Fsp3) is 0.250. The summed E-state index contributed by atoms with van der Waals surface area (Å²) in [6.07, 6.45) is 0. The highest BCUT2D eigenvalue weighted by molar-refractivity contribution is 5.90. The molecule has 2 aromatic carbocycles. The largest absolute Gasteiger partial charge is 0.497 e. The van der Waals surface area contributed by atoms with Crippen LogP contribution in [0.1, 0.15) is 21.8 Å². The summed E-state index contributed by atoms with van der Waals surface area (Å²) in [5.74, 6) is 1.74. The van der Waals surface area contributed by atoms with E-state index in [2.05, 4.69) is 15.5 Å². The van der Waals surface area contributed by atoms with Crippen LogP contribution in [0.4, 0.5) is 5.69 Å². The van der Waals surface area contributed by atoms with Crippen LogP contribution in [0, 0.1) is 6.92 Å². The molecule has 0 atom stereocenters. The Hall–Kier alpha value is -3.55. The third-order valence-electron chi connectivity index (χ3n) is 4.20. The van der Waals surface area contributed by atoms with E-state index in [0.29, 0.717) is 40.9 Å². The second kappa shape index (κ2) is 8.43. The number of anilines is 1. The monoisotopic (exact) mass is 383 g/mol. The molecule has 0 bridgehead atoms. The first kappa shape index (κ1) is 19.2. The summed E-state index contributed by atoms with van der Waals surface area (Å²) in [5, 5.41) is 7.25. The second-order valence-electron chi connectivity index (χ2n) is 5.95. The first-order chi connectivity index (χ1) is 13.5. The van der Waals surface area contributed by atoms with Crippen LogP contribution in [0.2, 0.25) is 0 Å². The molecule has 1 aromatic heterocycles. The van der Waals surface area contributed by atoms with E-state index in [9.17, 15) is 4.79 Å². The molecule has 3 rings (SSSR count). The lowest BCUT2D eigenvalue weighted by Gasteiger charge is -2.09.